The molecule has 5 aliphatic rings. The first-order chi connectivity index (χ1) is 21.7. The molecule has 4 saturated carbocycles. The van der Waals surface area contributed by atoms with E-state index < -0.39 is 35.7 Å². The monoisotopic (exact) mass is 696 g/mol. The van der Waals surface area contributed by atoms with Gasteiger partial charge >= 0.3 is 18.2 Å². The summed E-state index contributed by atoms with van der Waals surface area (Å²) >= 11 is 0. The quantitative estimate of drug-likeness (QED) is 0.242. The molecule has 5 rings (SSSR count). The maximum atomic E-state index is 13.4. The number of hydrogen-bond donors (Lipinski definition) is 2. The summed E-state index contributed by atoms with van der Waals surface area (Å²) in [4.78, 5) is 15.2. The molecule has 0 radical (unpaired) electrons. The number of aliphatic hydroxyl groups is 1. The van der Waals surface area contributed by atoms with Crippen LogP contribution in [0.25, 0.3) is 0 Å². The van der Waals surface area contributed by atoms with Crippen LogP contribution in [-0.2, 0) is 15.5 Å². The summed E-state index contributed by atoms with van der Waals surface area (Å²) in [7, 11) is -1.46. The molecule has 12 heteroatoms. The van der Waals surface area contributed by atoms with Crippen molar-refractivity contribution in [3.63, 3.8) is 0 Å². The maximum absolute atomic E-state index is 13.4. The Kier molecular flexibility index (Phi) is 10.8. The van der Waals surface area contributed by atoms with Crippen molar-refractivity contribution in [2.75, 3.05) is 24.6 Å². The summed E-state index contributed by atoms with van der Waals surface area (Å²) in [6.07, 6.45) is 1.02. The van der Waals surface area contributed by atoms with Crippen molar-refractivity contribution in [2.24, 2.45) is 40.9 Å². The van der Waals surface area contributed by atoms with Gasteiger partial charge in [-0.25, -0.2) is 4.79 Å². The molecule has 0 spiro atoms. The number of nitrogens with zero attached hydrogens (tertiary/aromatic N) is 1. The van der Waals surface area contributed by atoms with Crippen LogP contribution < -0.4 is 5.32 Å². The Morgan fingerprint density at radius 2 is 1.57 bits per heavy atom. The van der Waals surface area contributed by atoms with Crippen LogP contribution >= 0.6 is 0 Å². The Morgan fingerprint density at radius 3 is 2.23 bits per heavy atom. The SMILES string of the molecule is CC1(C)CN(C(=O)OC2CCC3C(C2)C[C@@H](CCCS(=O)CCCC(F)(F)C(F)(F)F)[C@@H]2[C@@H]3CC[C@]3(C)[C@@H](O)CC[C@@H]23)CC(C)(C)N1. The van der Waals surface area contributed by atoms with Crippen LogP contribution in [0.1, 0.15) is 112 Å². The van der Waals surface area contributed by atoms with E-state index in [1.165, 1.54) is 0 Å². The number of hydrogen-bond acceptors (Lipinski definition) is 5. The maximum Gasteiger partial charge on any atom is 0.453 e. The van der Waals surface area contributed by atoms with Crippen LogP contribution in [0.4, 0.5) is 26.7 Å². The van der Waals surface area contributed by atoms with Crippen molar-refractivity contribution in [3.05, 3.63) is 0 Å². The minimum Gasteiger partial charge on any atom is -0.446 e. The molecule has 6 nitrogen and oxygen atoms in total. The predicted octanol–water partition coefficient (Wildman–Crippen LogP) is 7.70. The van der Waals surface area contributed by atoms with Crippen molar-refractivity contribution in [3.8, 4) is 0 Å². The second-order valence-electron chi connectivity index (χ2n) is 17.3. The van der Waals surface area contributed by atoms with Crippen molar-refractivity contribution < 1.29 is 40.8 Å². The van der Waals surface area contributed by atoms with E-state index >= 15 is 0 Å². The van der Waals surface area contributed by atoms with Gasteiger partial charge in [0.05, 0.1) is 6.10 Å². The largest absolute Gasteiger partial charge is 0.453 e. The number of aliphatic hydroxyl groups excluding tert-OH is 1. The van der Waals surface area contributed by atoms with E-state index in [9.17, 15) is 36.1 Å². The molecule has 5 fully saturated rings. The van der Waals surface area contributed by atoms with Gasteiger partial charge in [-0.2, -0.15) is 22.0 Å². The van der Waals surface area contributed by atoms with Crippen LogP contribution in [-0.4, -0.2) is 80.3 Å². The fraction of sp³-hybridized carbons (Fsp3) is 0.971. The molecule has 0 aromatic carbocycles. The molecule has 47 heavy (non-hydrogen) atoms. The molecule has 1 saturated heterocycles. The summed E-state index contributed by atoms with van der Waals surface area (Å²) in [6.45, 7) is 11.8. The third kappa shape index (κ3) is 8.15. The zero-order valence-corrected chi connectivity index (χ0v) is 29.7. The van der Waals surface area contributed by atoms with E-state index in [4.69, 9.17) is 4.74 Å². The average molecular weight is 697 g/mol. The van der Waals surface area contributed by atoms with Gasteiger partial charge in [0.15, 0.2) is 0 Å². The Bertz CT molecular complexity index is 1140. The Hall–Kier alpha value is -1.01. The predicted molar refractivity (Wildman–Crippen MR) is 172 cm³/mol. The normalized spacial score (nSPS) is 39.0. The number of halogens is 5. The van der Waals surface area contributed by atoms with E-state index in [0.29, 0.717) is 60.8 Å². The first-order valence-corrected chi connectivity index (χ1v) is 19.4. The van der Waals surface area contributed by atoms with Crippen LogP contribution in [0.2, 0.25) is 0 Å². The molecule has 1 amide bonds. The topological polar surface area (TPSA) is 78.9 Å². The van der Waals surface area contributed by atoms with Gasteiger partial charge in [0.2, 0.25) is 0 Å². The summed E-state index contributed by atoms with van der Waals surface area (Å²) in [5.74, 6) is -1.90. The fourth-order valence-electron chi connectivity index (χ4n) is 11.0. The highest BCUT2D eigenvalue weighted by Crippen LogP contribution is 2.64. The lowest BCUT2D eigenvalue weighted by atomic mass is 9.47. The van der Waals surface area contributed by atoms with E-state index in [1.807, 2.05) is 4.90 Å². The molecule has 1 heterocycles. The molecule has 2 N–H and O–H groups in total. The zero-order chi connectivity index (χ0) is 34.6. The van der Waals surface area contributed by atoms with Crippen LogP contribution in [0, 0.1) is 40.9 Å². The molecule has 0 aromatic rings. The van der Waals surface area contributed by atoms with Gasteiger partial charge < -0.3 is 20.1 Å². The van der Waals surface area contributed by atoms with Crippen molar-refractivity contribution in [1.82, 2.24) is 10.2 Å². The number of ether oxygens (including phenoxy) is 1. The molecule has 10 atom stereocenters. The first kappa shape index (κ1) is 37.3. The molecule has 4 unspecified atom stereocenters. The van der Waals surface area contributed by atoms with Crippen LogP contribution in [0.3, 0.4) is 0 Å². The number of rotatable bonds is 9. The lowest BCUT2D eigenvalue weighted by Gasteiger charge is -2.58. The smallest absolute Gasteiger partial charge is 0.446 e. The van der Waals surface area contributed by atoms with Gasteiger partial charge in [0, 0.05) is 52.9 Å². The zero-order valence-electron chi connectivity index (χ0n) is 28.8. The van der Waals surface area contributed by atoms with Gasteiger partial charge in [0.25, 0.3) is 0 Å². The Morgan fingerprint density at radius 1 is 0.915 bits per heavy atom. The van der Waals surface area contributed by atoms with Crippen molar-refractivity contribution in [2.45, 2.75) is 147 Å². The molecule has 0 bridgehead atoms. The standard InChI is InChI=1S/C35H57F5N2O4S/c1-31(2)20-42(21-32(3,4)41-31)30(44)46-24-9-10-25-23(19-24)18-22(29-26(25)13-15-33(5)27(29)11-12-28(33)43)8-6-16-47(45)17-7-14-34(36,37)35(38,39)40/h22-29,41,43H,6-21H2,1-5H3/t22-,23?,24?,25?,26-,27+,28+,29-,33+,47?/m1/s1. The number of fused-ring (bicyclic) bond motifs is 5. The highest BCUT2D eigenvalue weighted by molar-refractivity contribution is 7.84. The summed E-state index contributed by atoms with van der Waals surface area (Å²) in [5.41, 5.74) is -0.535. The number of carbonyl (C=O) groups is 1. The van der Waals surface area contributed by atoms with E-state index in [1.54, 1.807) is 0 Å². The van der Waals surface area contributed by atoms with Gasteiger partial charge in [0.1, 0.15) is 6.10 Å². The molecule has 0 aromatic heterocycles. The lowest BCUT2D eigenvalue weighted by molar-refractivity contribution is -0.284. The van der Waals surface area contributed by atoms with Crippen LogP contribution in [0.15, 0.2) is 0 Å². The van der Waals surface area contributed by atoms with E-state index in [-0.39, 0.29) is 40.5 Å². The molecule has 1 aliphatic heterocycles. The third-order valence-corrected chi connectivity index (χ3v) is 14.1. The number of nitrogens with one attached hydrogen (secondary N) is 1. The highest BCUT2D eigenvalue weighted by Gasteiger charge is 2.59. The average Bonchev–Trinajstić information content (AvgIpc) is 3.24. The Labute approximate surface area is 280 Å². The molecular weight excluding hydrogens is 639 g/mol. The molecule has 272 valence electrons. The highest BCUT2D eigenvalue weighted by atomic mass is 32.2. The van der Waals surface area contributed by atoms with Gasteiger partial charge in [-0.1, -0.05) is 6.92 Å². The fourth-order valence-corrected chi connectivity index (χ4v) is 12.1. The number of carbonyl (C=O) groups excluding carboxylic acids is 1. The van der Waals surface area contributed by atoms with E-state index in [2.05, 4.69) is 39.9 Å². The summed E-state index contributed by atoms with van der Waals surface area (Å²) < 4.78 is 83.0. The lowest BCUT2D eigenvalue weighted by Crippen LogP contribution is -2.67. The second-order valence-corrected chi connectivity index (χ2v) is 19.0. The van der Waals surface area contributed by atoms with Gasteiger partial charge in [-0.3, -0.25) is 4.21 Å². The first-order valence-electron chi connectivity index (χ1n) is 17.9. The number of piperazine rings is 1. The number of alkyl halides is 5. The van der Waals surface area contributed by atoms with Gasteiger partial charge in [-0.05, 0) is 139 Å². The summed E-state index contributed by atoms with van der Waals surface area (Å²) in [6, 6.07) is 0. The van der Waals surface area contributed by atoms with Crippen LogP contribution in [0.5, 0.6) is 0 Å². The third-order valence-electron chi connectivity index (χ3n) is 12.6. The Balaban J connectivity index is 1.21. The second kappa shape index (κ2) is 13.6. The number of amides is 1. The van der Waals surface area contributed by atoms with E-state index in [0.717, 1.165) is 57.8 Å². The summed E-state index contributed by atoms with van der Waals surface area (Å²) in [5, 5.41) is 14.6. The van der Waals surface area contributed by atoms with Gasteiger partial charge in [-0.15, -0.1) is 0 Å². The molecule has 4 aliphatic carbocycles. The van der Waals surface area contributed by atoms with Crippen molar-refractivity contribution >= 4 is 16.9 Å². The minimum absolute atomic E-state index is 0.101. The minimum atomic E-state index is -5.58. The van der Waals surface area contributed by atoms with Crippen molar-refractivity contribution in [1.29, 1.82) is 0 Å². The molecular formula is C35H57F5N2O4S.